The number of hydrogen-bond acceptors (Lipinski definition) is 5. The SMILES string of the molecule is Cc1ccc(SP(=O)(O)Sc2ccc(C)c(O)c2)cc1[O-].[Na+]. The maximum atomic E-state index is 12.2. The van der Waals surface area contributed by atoms with Crippen molar-refractivity contribution in [2.24, 2.45) is 0 Å². The van der Waals surface area contributed by atoms with E-state index in [4.69, 9.17) is 0 Å². The first-order valence-electron chi connectivity index (χ1n) is 6.06. The van der Waals surface area contributed by atoms with E-state index in [2.05, 4.69) is 0 Å². The molecule has 0 saturated carbocycles. The van der Waals surface area contributed by atoms with Gasteiger partial charge in [0.25, 0.3) is 0 Å². The van der Waals surface area contributed by atoms with Crippen LogP contribution in [0.15, 0.2) is 46.2 Å². The molecule has 0 spiro atoms. The van der Waals surface area contributed by atoms with Crippen molar-refractivity contribution in [2.75, 3.05) is 0 Å². The number of aromatic hydroxyl groups is 1. The van der Waals surface area contributed by atoms with Gasteiger partial charge >= 0.3 is 35.3 Å². The van der Waals surface area contributed by atoms with Gasteiger partial charge in [-0.15, -0.1) is 5.75 Å². The molecule has 1 atom stereocenters. The fourth-order valence-corrected chi connectivity index (χ4v) is 7.00. The molecule has 0 aromatic heterocycles. The molecule has 2 aromatic rings. The first kappa shape index (κ1) is 20.0. The first-order chi connectivity index (χ1) is 9.77. The predicted octanol–water partition coefficient (Wildman–Crippen LogP) is 1.07. The molecule has 0 amide bonds. The minimum absolute atomic E-state index is 0. The summed E-state index contributed by atoms with van der Waals surface area (Å²) in [4.78, 5) is 11.0. The fourth-order valence-electron chi connectivity index (χ4n) is 1.57. The topological polar surface area (TPSA) is 80.6 Å². The molecule has 4 nitrogen and oxygen atoms in total. The summed E-state index contributed by atoms with van der Waals surface area (Å²) >= 11 is 1.55. The van der Waals surface area contributed by atoms with Crippen LogP contribution >= 0.6 is 28.5 Å². The number of aryl methyl sites for hydroxylation is 2. The molecule has 0 aliphatic heterocycles. The van der Waals surface area contributed by atoms with Crippen molar-refractivity contribution in [1.29, 1.82) is 0 Å². The van der Waals surface area contributed by atoms with Gasteiger partial charge in [-0.25, -0.2) is 0 Å². The van der Waals surface area contributed by atoms with Gasteiger partial charge in [0.1, 0.15) is 5.75 Å². The maximum absolute atomic E-state index is 12.2. The molecule has 0 aliphatic rings. The average molecular weight is 364 g/mol. The number of phenolic OH excluding ortho intramolecular Hbond substituents is 1. The van der Waals surface area contributed by atoms with E-state index in [0.717, 1.165) is 22.8 Å². The molecule has 8 heteroatoms. The van der Waals surface area contributed by atoms with E-state index in [0.29, 0.717) is 20.9 Å². The molecule has 2 N–H and O–H groups in total. The minimum Gasteiger partial charge on any atom is -0.872 e. The molecule has 0 aliphatic carbocycles. The second-order valence-corrected chi connectivity index (χ2v) is 11.5. The summed E-state index contributed by atoms with van der Waals surface area (Å²) in [6, 6.07) is 9.46. The van der Waals surface area contributed by atoms with E-state index in [1.807, 2.05) is 0 Å². The molecule has 112 valence electrons. The van der Waals surface area contributed by atoms with Gasteiger partial charge in [-0.1, -0.05) is 23.8 Å². The van der Waals surface area contributed by atoms with Crippen LogP contribution in [0.3, 0.4) is 0 Å². The number of hydrogen-bond donors (Lipinski definition) is 2. The van der Waals surface area contributed by atoms with Crippen molar-refractivity contribution >= 4 is 28.5 Å². The third-order valence-corrected chi connectivity index (χ3v) is 8.16. The number of benzene rings is 2. The van der Waals surface area contributed by atoms with Crippen molar-refractivity contribution in [2.45, 2.75) is 23.6 Å². The molecule has 0 saturated heterocycles. The molecule has 0 heterocycles. The van der Waals surface area contributed by atoms with Crippen LogP contribution in [0, 0.1) is 13.8 Å². The molecule has 2 aromatic carbocycles. The monoisotopic (exact) mass is 364 g/mol. The molecule has 0 bridgehead atoms. The minimum atomic E-state index is -3.62. The molecule has 2 rings (SSSR count). The van der Waals surface area contributed by atoms with Crippen LogP contribution < -0.4 is 34.7 Å². The van der Waals surface area contributed by atoms with Gasteiger partial charge in [0, 0.05) is 9.79 Å². The summed E-state index contributed by atoms with van der Waals surface area (Å²) in [5.74, 6) is -3.69. The Morgan fingerprint density at radius 1 is 1.00 bits per heavy atom. The maximum Gasteiger partial charge on any atom is 1.00 e. The van der Waals surface area contributed by atoms with Crippen molar-refractivity contribution in [3.63, 3.8) is 0 Å². The molecular formula is C14H14NaO4PS2. The largest absolute Gasteiger partial charge is 1.00 e. The zero-order chi connectivity index (χ0) is 15.6. The number of phenols is 1. The van der Waals surface area contributed by atoms with Gasteiger partial charge in [-0.3, -0.25) is 4.57 Å². The van der Waals surface area contributed by atoms with E-state index >= 15 is 0 Å². The zero-order valence-electron chi connectivity index (χ0n) is 12.4. The van der Waals surface area contributed by atoms with Crippen LogP contribution in [-0.4, -0.2) is 10.00 Å². The van der Waals surface area contributed by atoms with E-state index in [-0.39, 0.29) is 41.1 Å². The summed E-state index contributed by atoms with van der Waals surface area (Å²) in [6.45, 7) is 3.44. The Morgan fingerprint density at radius 3 is 2.00 bits per heavy atom. The van der Waals surface area contributed by atoms with Gasteiger partial charge < -0.3 is 15.1 Å². The average Bonchev–Trinajstić information content (AvgIpc) is 2.37. The Hall–Kier alpha value is -0.0700. The Labute approximate surface area is 159 Å². The van der Waals surface area contributed by atoms with Crippen molar-refractivity contribution < 1.29 is 49.2 Å². The van der Waals surface area contributed by atoms with Gasteiger partial charge in [-0.05, 0) is 60.4 Å². The summed E-state index contributed by atoms with van der Waals surface area (Å²) < 4.78 is 12.2. The molecule has 22 heavy (non-hydrogen) atoms. The number of rotatable bonds is 4. The Balaban J connectivity index is 0.00000242. The first-order valence-corrected chi connectivity index (χ1v) is 10.6. The second kappa shape index (κ2) is 8.15. The van der Waals surface area contributed by atoms with Crippen LogP contribution in [0.2, 0.25) is 0 Å². The van der Waals surface area contributed by atoms with Crippen molar-refractivity contribution in [3.05, 3.63) is 47.5 Å². The molecule has 0 radical (unpaired) electrons. The Bertz CT molecular complexity index is 666. The fraction of sp³-hybridized carbons (Fsp3) is 0.143. The van der Waals surface area contributed by atoms with Crippen LogP contribution in [0.4, 0.5) is 0 Å². The normalized spacial score (nSPS) is 13.2. The standard InChI is InChI=1S/C14H15O4PS2.Na/c1-9-3-5-11(7-13(9)15)20-19(17,18)21-12-6-4-10(2)14(16)8-12;/h3-8,15-16H,1-2H3,(H,17,18);/q;+1/p-1. The van der Waals surface area contributed by atoms with Crippen molar-refractivity contribution in [1.82, 2.24) is 0 Å². The van der Waals surface area contributed by atoms with Gasteiger partial charge in [0.15, 0.2) is 0 Å². The summed E-state index contributed by atoms with van der Waals surface area (Å²) in [6.07, 6.45) is 0. The summed E-state index contributed by atoms with van der Waals surface area (Å²) in [5.41, 5.74) is 1.30. The van der Waals surface area contributed by atoms with Gasteiger partial charge in [0.2, 0.25) is 0 Å². The third kappa shape index (κ3) is 5.53. The van der Waals surface area contributed by atoms with Crippen LogP contribution in [0.25, 0.3) is 0 Å². The van der Waals surface area contributed by atoms with Crippen LogP contribution in [0.5, 0.6) is 11.5 Å². The van der Waals surface area contributed by atoms with Crippen LogP contribution in [0.1, 0.15) is 11.1 Å². The molecular weight excluding hydrogens is 350 g/mol. The Kier molecular flexibility index (Phi) is 7.40. The molecule has 0 fully saturated rings. The summed E-state index contributed by atoms with van der Waals surface area (Å²) in [7, 11) is 0. The quantitative estimate of drug-likeness (QED) is 0.624. The van der Waals surface area contributed by atoms with E-state index in [9.17, 15) is 19.7 Å². The zero-order valence-corrected chi connectivity index (χ0v) is 17.0. The van der Waals surface area contributed by atoms with E-state index < -0.39 is 5.77 Å². The smallest absolute Gasteiger partial charge is 0.872 e. The van der Waals surface area contributed by atoms with E-state index in [1.54, 1.807) is 38.1 Å². The molecule has 1 unspecified atom stereocenters. The summed E-state index contributed by atoms with van der Waals surface area (Å²) in [5, 5.41) is 21.2. The van der Waals surface area contributed by atoms with Crippen molar-refractivity contribution in [3.8, 4) is 11.5 Å². The Morgan fingerprint density at radius 2 is 1.50 bits per heavy atom. The predicted molar refractivity (Wildman–Crippen MR) is 85.0 cm³/mol. The van der Waals surface area contributed by atoms with Gasteiger partial charge in [-0.2, -0.15) is 0 Å². The van der Waals surface area contributed by atoms with Gasteiger partial charge in [0.05, 0.1) is 0 Å². The third-order valence-electron chi connectivity index (χ3n) is 2.78. The van der Waals surface area contributed by atoms with Crippen LogP contribution in [-0.2, 0) is 4.57 Å². The van der Waals surface area contributed by atoms with E-state index in [1.165, 1.54) is 12.1 Å². The second-order valence-electron chi connectivity index (χ2n) is 4.53.